The number of aryl methyl sites for hydroxylation is 1. The summed E-state index contributed by atoms with van der Waals surface area (Å²) in [5, 5.41) is 12.3. The number of aromatic carboxylic acids is 1. The predicted octanol–water partition coefficient (Wildman–Crippen LogP) is 3.27. The molecule has 1 aromatic carbocycles. The molecule has 0 spiro atoms. The van der Waals surface area contributed by atoms with Crippen LogP contribution in [0.15, 0.2) is 18.2 Å². The van der Waals surface area contributed by atoms with Crippen LogP contribution < -0.4 is 10.1 Å². The zero-order valence-electron chi connectivity index (χ0n) is 12.4. The van der Waals surface area contributed by atoms with Crippen LogP contribution in [-0.4, -0.2) is 30.8 Å². The molecule has 21 heavy (non-hydrogen) atoms. The van der Waals surface area contributed by atoms with Crippen LogP contribution in [0.5, 0.6) is 5.75 Å². The van der Waals surface area contributed by atoms with Crippen molar-refractivity contribution < 1.29 is 14.6 Å². The second-order valence-corrected chi connectivity index (χ2v) is 5.47. The summed E-state index contributed by atoms with van der Waals surface area (Å²) in [5.41, 5.74) is 1.08. The number of carboxylic acid groups (broad SMARTS) is 1. The molecular formula is C16H24ClNO3. The lowest BCUT2D eigenvalue weighted by molar-refractivity contribution is 0.0696. The minimum Gasteiger partial charge on any atom is -0.494 e. The summed E-state index contributed by atoms with van der Waals surface area (Å²) in [5.74, 6) is 0.703. The van der Waals surface area contributed by atoms with Crippen molar-refractivity contribution in [1.82, 2.24) is 5.32 Å². The number of hydrogen-bond donors (Lipinski definition) is 2. The third-order valence-corrected chi connectivity index (χ3v) is 3.91. The van der Waals surface area contributed by atoms with Gasteiger partial charge in [-0.25, -0.2) is 4.79 Å². The SMILES string of the molecule is Cc1cc(OCCCC2CCNCC2)ccc1C(=O)O.Cl. The quantitative estimate of drug-likeness (QED) is 0.791. The van der Waals surface area contributed by atoms with Gasteiger partial charge in [0.2, 0.25) is 0 Å². The van der Waals surface area contributed by atoms with E-state index in [0.717, 1.165) is 36.7 Å². The van der Waals surface area contributed by atoms with Gasteiger partial charge in [0, 0.05) is 0 Å². The van der Waals surface area contributed by atoms with Crippen molar-refractivity contribution in [3.05, 3.63) is 29.3 Å². The first kappa shape index (κ1) is 17.8. The summed E-state index contributed by atoms with van der Waals surface area (Å²) >= 11 is 0. The van der Waals surface area contributed by atoms with Crippen LogP contribution in [0.1, 0.15) is 41.6 Å². The molecule has 0 amide bonds. The van der Waals surface area contributed by atoms with E-state index < -0.39 is 5.97 Å². The minimum absolute atomic E-state index is 0. The molecule has 1 aliphatic heterocycles. The Balaban J connectivity index is 0.00000220. The van der Waals surface area contributed by atoms with Gasteiger partial charge in [0.15, 0.2) is 0 Å². The molecule has 0 aliphatic carbocycles. The molecule has 0 atom stereocenters. The van der Waals surface area contributed by atoms with Gasteiger partial charge >= 0.3 is 5.97 Å². The van der Waals surface area contributed by atoms with Crippen molar-refractivity contribution in [2.75, 3.05) is 19.7 Å². The Kier molecular flexibility index (Phi) is 7.54. The maximum absolute atomic E-state index is 10.9. The van der Waals surface area contributed by atoms with Crippen molar-refractivity contribution in [2.45, 2.75) is 32.6 Å². The Hall–Kier alpha value is -1.26. The van der Waals surface area contributed by atoms with Crippen molar-refractivity contribution in [3.8, 4) is 5.75 Å². The molecule has 5 heteroatoms. The smallest absolute Gasteiger partial charge is 0.335 e. The highest BCUT2D eigenvalue weighted by atomic mass is 35.5. The highest BCUT2D eigenvalue weighted by Crippen LogP contribution is 2.20. The van der Waals surface area contributed by atoms with Crippen molar-refractivity contribution >= 4 is 18.4 Å². The van der Waals surface area contributed by atoms with Gasteiger partial charge in [0.25, 0.3) is 0 Å². The summed E-state index contributed by atoms with van der Waals surface area (Å²) in [4.78, 5) is 10.9. The Morgan fingerprint density at radius 2 is 2.10 bits per heavy atom. The molecule has 1 heterocycles. The van der Waals surface area contributed by atoms with E-state index >= 15 is 0 Å². The van der Waals surface area contributed by atoms with E-state index in [1.807, 2.05) is 0 Å². The average molecular weight is 314 g/mol. The number of piperidine rings is 1. The van der Waals surface area contributed by atoms with Gasteiger partial charge in [-0.3, -0.25) is 0 Å². The van der Waals surface area contributed by atoms with Crippen molar-refractivity contribution in [3.63, 3.8) is 0 Å². The lowest BCUT2D eigenvalue weighted by atomic mass is 9.93. The maximum atomic E-state index is 10.9. The Morgan fingerprint density at radius 3 is 2.71 bits per heavy atom. The molecular weight excluding hydrogens is 290 g/mol. The first-order valence-corrected chi connectivity index (χ1v) is 7.34. The van der Waals surface area contributed by atoms with E-state index in [-0.39, 0.29) is 12.4 Å². The molecule has 4 nitrogen and oxygen atoms in total. The summed E-state index contributed by atoms with van der Waals surface area (Å²) in [6.07, 6.45) is 4.82. The fraction of sp³-hybridized carbons (Fsp3) is 0.562. The zero-order valence-corrected chi connectivity index (χ0v) is 13.2. The summed E-state index contributed by atoms with van der Waals surface area (Å²) in [7, 11) is 0. The largest absolute Gasteiger partial charge is 0.494 e. The van der Waals surface area contributed by atoms with E-state index in [2.05, 4.69) is 5.32 Å². The van der Waals surface area contributed by atoms with Gasteiger partial charge in [-0.1, -0.05) is 0 Å². The zero-order chi connectivity index (χ0) is 14.4. The Labute approximate surface area is 132 Å². The standard InChI is InChI=1S/C16H23NO3.ClH/c1-12-11-14(4-5-15(12)16(18)19)20-10-2-3-13-6-8-17-9-7-13;/h4-5,11,13,17H,2-3,6-10H2,1H3,(H,18,19);1H. The fourth-order valence-electron chi connectivity index (χ4n) is 2.70. The highest BCUT2D eigenvalue weighted by molar-refractivity contribution is 5.89. The summed E-state index contributed by atoms with van der Waals surface area (Å²) < 4.78 is 5.70. The summed E-state index contributed by atoms with van der Waals surface area (Å²) in [6.45, 7) is 4.78. The summed E-state index contributed by atoms with van der Waals surface area (Å²) in [6, 6.07) is 5.15. The molecule has 0 radical (unpaired) electrons. The number of hydrogen-bond acceptors (Lipinski definition) is 3. The Morgan fingerprint density at radius 1 is 1.38 bits per heavy atom. The first-order valence-electron chi connectivity index (χ1n) is 7.34. The topological polar surface area (TPSA) is 58.6 Å². The number of rotatable bonds is 6. The van der Waals surface area contributed by atoms with Crippen LogP contribution in [0.4, 0.5) is 0 Å². The first-order chi connectivity index (χ1) is 9.66. The lowest BCUT2D eigenvalue weighted by Gasteiger charge is -2.22. The fourth-order valence-corrected chi connectivity index (χ4v) is 2.70. The maximum Gasteiger partial charge on any atom is 0.335 e. The number of benzene rings is 1. The van der Waals surface area contributed by atoms with Crippen LogP contribution in [0.3, 0.4) is 0 Å². The number of halogens is 1. The van der Waals surface area contributed by atoms with Crippen LogP contribution in [0.25, 0.3) is 0 Å². The van der Waals surface area contributed by atoms with E-state index in [4.69, 9.17) is 9.84 Å². The van der Waals surface area contributed by atoms with E-state index in [1.165, 1.54) is 19.3 Å². The minimum atomic E-state index is -0.889. The Bertz CT molecular complexity index is 459. The number of nitrogens with one attached hydrogen (secondary N) is 1. The second kappa shape index (κ2) is 8.90. The van der Waals surface area contributed by atoms with Gasteiger partial charge in [0.05, 0.1) is 12.2 Å². The third-order valence-electron chi connectivity index (χ3n) is 3.91. The molecule has 0 unspecified atom stereocenters. The number of ether oxygens (including phenoxy) is 1. The van der Waals surface area contributed by atoms with Crippen molar-refractivity contribution in [1.29, 1.82) is 0 Å². The van der Waals surface area contributed by atoms with E-state index in [0.29, 0.717) is 12.2 Å². The molecule has 1 aromatic rings. The normalized spacial score (nSPS) is 15.3. The average Bonchev–Trinajstić information content (AvgIpc) is 2.44. The molecule has 0 bridgehead atoms. The van der Waals surface area contributed by atoms with Gasteiger partial charge in [-0.15, -0.1) is 12.4 Å². The predicted molar refractivity (Wildman–Crippen MR) is 85.7 cm³/mol. The van der Waals surface area contributed by atoms with E-state index in [9.17, 15) is 4.79 Å². The lowest BCUT2D eigenvalue weighted by Crippen LogP contribution is -2.27. The van der Waals surface area contributed by atoms with Gasteiger partial charge < -0.3 is 15.2 Å². The van der Waals surface area contributed by atoms with Crippen LogP contribution in [-0.2, 0) is 0 Å². The van der Waals surface area contributed by atoms with Crippen LogP contribution in [0, 0.1) is 12.8 Å². The molecule has 0 saturated carbocycles. The highest BCUT2D eigenvalue weighted by Gasteiger charge is 2.12. The molecule has 1 fully saturated rings. The van der Waals surface area contributed by atoms with E-state index in [1.54, 1.807) is 25.1 Å². The second-order valence-electron chi connectivity index (χ2n) is 5.47. The molecule has 2 N–H and O–H groups in total. The van der Waals surface area contributed by atoms with Crippen LogP contribution in [0.2, 0.25) is 0 Å². The molecule has 0 aromatic heterocycles. The molecule has 2 rings (SSSR count). The monoisotopic (exact) mass is 313 g/mol. The van der Waals surface area contributed by atoms with Gasteiger partial charge in [-0.05, 0) is 75.4 Å². The number of carboxylic acids is 1. The van der Waals surface area contributed by atoms with Crippen molar-refractivity contribution in [2.24, 2.45) is 5.92 Å². The van der Waals surface area contributed by atoms with Crippen LogP contribution >= 0.6 is 12.4 Å². The van der Waals surface area contributed by atoms with Gasteiger partial charge in [0.1, 0.15) is 5.75 Å². The van der Waals surface area contributed by atoms with Gasteiger partial charge in [-0.2, -0.15) is 0 Å². The third kappa shape index (κ3) is 5.56. The molecule has 1 aliphatic rings. The molecule has 1 saturated heterocycles. The molecule has 118 valence electrons. The number of carbonyl (C=O) groups is 1.